The summed E-state index contributed by atoms with van der Waals surface area (Å²) in [5.74, 6) is -0.438. The first-order valence-electron chi connectivity index (χ1n) is 13.0. The molecule has 2 aromatic heterocycles. The Morgan fingerprint density at radius 3 is 2.54 bits per heavy atom. The molecule has 15 heteroatoms. The minimum atomic E-state index is -0.602. The van der Waals surface area contributed by atoms with Crippen LogP contribution in [-0.2, 0) is 4.74 Å². The van der Waals surface area contributed by atoms with Gasteiger partial charge in [-0.15, -0.1) is 10.2 Å². The molecule has 0 bridgehead atoms. The first-order valence-corrected chi connectivity index (χ1v) is 13.8. The van der Waals surface area contributed by atoms with Gasteiger partial charge in [-0.1, -0.05) is 15.9 Å². The lowest BCUT2D eigenvalue weighted by Gasteiger charge is -2.35. The zero-order valence-electron chi connectivity index (χ0n) is 22.6. The maximum Gasteiger partial charge on any atom is 0.294 e. The second kappa shape index (κ2) is 11.8. The highest BCUT2D eigenvalue weighted by Crippen LogP contribution is 2.38. The van der Waals surface area contributed by atoms with Crippen molar-refractivity contribution < 1.29 is 23.7 Å². The molecule has 216 valence electrons. The number of carbonyl (C=O) groups excluding carboxylic acids is 2. The summed E-state index contributed by atoms with van der Waals surface area (Å²) < 4.78 is 11.6. The van der Waals surface area contributed by atoms with Crippen LogP contribution >= 0.6 is 15.9 Å². The highest BCUT2D eigenvalue weighted by atomic mass is 79.9. The van der Waals surface area contributed by atoms with Crippen molar-refractivity contribution in [1.82, 2.24) is 25.0 Å². The molecule has 4 heterocycles. The van der Waals surface area contributed by atoms with E-state index in [0.717, 1.165) is 0 Å². The van der Waals surface area contributed by atoms with Gasteiger partial charge in [0.1, 0.15) is 11.7 Å². The number of benzene rings is 1. The number of carbonyl (C=O) groups is 2. The molecule has 0 unspecified atom stereocenters. The summed E-state index contributed by atoms with van der Waals surface area (Å²) in [6.07, 6.45) is 4.20. The summed E-state index contributed by atoms with van der Waals surface area (Å²) in [4.78, 5) is 46.4. The van der Waals surface area contributed by atoms with Crippen LogP contribution in [0.5, 0.6) is 0 Å². The van der Waals surface area contributed by atoms with E-state index in [0.29, 0.717) is 35.2 Å². The van der Waals surface area contributed by atoms with Crippen LogP contribution in [0.15, 0.2) is 45.9 Å². The second-order valence-electron chi connectivity index (χ2n) is 10.1. The van der Waals surface area contributed by atoms with Gasteiger partial charge in [-0.05, 0) is 32.4 Å². The highest BCUT2D eigenvalue weighted by Gasteiger charge is 2.41. The number of nitro groups is 1. The van der Waals surface area contributed by atoms with Crippen molar-refractivity contribution in [3.8, 4) is 0 Å². The number of aromatic nitrogens is 3. The van der Waals surface area contributed by atoms with Crippen molar-refractivity contribution in [2.45, 2.75) is 44.6 Å². The summed E-state index contributed by atoms with van der Waals surface area (Å²) in [5.41, 5.74) is 0.986. The molecule has 3 aromatic rings. The molecule has 0 radical (unpaired) electrons. The summed E-state index contributed by atoms with van der Waals surface area (Å²) in [7, 11) is 1.73. The van der Waals surface area contributed by atoms with E-state index in [1.807, 2.05) is 13.8 Å². The fourth-order valence-corrected chi connectivity index (χ4v) is 5.81. The quantitative estimate of drug-likeness (QED) is 0.290. The summed E-state index contributed by atoms with van der Waals surface area (Å²) in [6, 6.07) is 3.53. The molecular weight excluding hydrogens is 600 g/mol. The fourth-order valence-electron chi connectivity index (χ4n) is 5.36. The van der Waals surface area contributed by atoms with Crippen molar-refractivity contribution in [3.05, 3.63) is 68.6 Å². The maximum atomic E-state index is 13.8. The second-order valence-corrected chi connectivity index (χ2v) is 11.0. The number of nitrogens with zero attached hydrogens (tertiary/aromatic N) is 6. The van der Waals surface area contributed by atoms with E-state index in [9.17, 15) is 19.7 Å². The van der Waals surface area contributed by atoms with Gasteiger partial charge in [0.25, 0.3) is 17.5 Å². The van der Waals surface area contributed by atoms with E-state index >= 15 is 0 Å². The summed E-state index contributed by atoms with van der Waals surface area (Å²) in [5, 5.41) is 26.1. The standard InChI is InChI=1S/C26H29BrN8O6/c1-14-10-33(11-15(2)41-14)26(37)20-5-17(27)6-21(35(38)39)23(20)31-19-7-22(24-32-30-13-40-24)34(12-19)25(36)16-4-18(28-3)9-29-8-16/h4-6,8-9,13-15,19,22,28,31H,7,10-12H2,1-3H3/t14-,15+,19-,22+/m1/s1. The van der Waals surface area contributed by atoms with Gasteiger partial charge in [0, 0.05) is 55.7 Å². The molecule has 2 aliphatic rings. The molecular formula is C26H29BrN8O6. The smallest absolute Gasteiger partial charge is 0.294 e. The van der Waals surface area contributed by atoms with Gasteiger partial charge < -0.3 is 29.6 Å². The predicted octanol–water partition coefficient (Wildman–Crippen LogP) is 3.49. The van der Waals surface area contributed by atoms with E-state index in [1.165, 1.54) is 18.7 Å². The molecule has 1 aromatic carbocycles. The van der Waals surface area contributed by atoms with Crippen molar-refractivity contribution in [3.63, 3.8) is 0 Å². The Morgan fingerprint density at radius 1 is 1.12 bits per heavy atom. The van der Waals surface area contributed by atoms with Crippen LogP contribution in [0.1, 0.15) is 52.9 Å². The van der Waals surface area contributed by atoms with Gasteiger partial charge >= 0.3 is 0 Å². The maximum absolute atomic E-state index is 13.8. The number of rotatable bonds is 7. The van der Waals surface area contributed by atoms with Crippen molar-refractivity contribution in [2.75, 3.05) is 37.3 Å². The Morgan fingerprint density at radius 2 is 1.88 bits per heavy atom. The number of anilines is 2. The number of nitrogens with one attached hydrogen (secondary N) is 2. The van der Waals surface area contributed by atoms with Gasteiger partial charge in [0.2, 0.25) is 12.3 Å². The highest BCUT2D eigenvalue weighted by molar-refractivity contribution is 9.10. The van der Waals surface area contributed by atoms with Crippen molar-refractivity contribution in [2.24, 2.45) is 0 Å². The number of ether oxygens (including phenoxy) is 1. The van der Waals surface area contributed by atoms with Gasteiger partial charge in [0.15, 0.2) is 0 Å². The molecule has 0 aliphatic carbocycles. The van der Waals surface area contributed by atoms with Gasteiger partial charge in [-0.3, -0.25) is 24.7 Å². The lowest BCUT2D eigenvalue weighted by atomic mass is 10.1. The van der Waals surface area contributed by atoms with E-state index in [1.54, 1.807) is 35.2 Å². The van der Waals surface area contributed by atoms with E-state index < -0.39 is 17.0 Å². The lowest BCUT2D eigenvalue weighted by molar-refractivity contribution is -0.384. The number of halogens is 1. The SMILES string of the molecule is CNc1cncc(C(=O)N2C[C@H](Nc3c(C(=O)N4C[C@@H](C)O[C@@H](C)C4)cc(Br)cc3[N+](=O)[O-])C[C@H]2c2nnco2)c1. The average Bonchev–Trinajstić information content (AvgIpc) is 3.62. The fraction of sp³-hybridized carbons (Fsp3) is 0.423. The minimum Gasteiger partial charge on any atom is -0.426 e. The largest absolute Gasteiger partial charge is 0.426 e. The average molecular weight is 629 g/mol. The molecule has 2 fully saturated rings. The molecule has 2 saturated heterocycles. The Labute approximate surface area is 243 Å². The lowest BCUT2D eigenvalue weighted by Crippen LogP contribution is -2.48. The van der Waals surface area contributed by atoms with Gasteiger partial charge in [-0.25, -0.2) is 0 Å². The van der Waals surface area contributed by atoms with Crippen LogP contribution in [0.4, 0.5) is 17.1 Å². The summed E-state index contributed by atoms with van der Waals surface area (Å²) >= 11 is 3.33. The first kappa shape index (κ1) is 28.4. The van der Waals surface area contributed by atoms with Crippen LogP contribution in [0.25, 0.3) is 0 Å². The number of hydrogen-bond acceptors (Lipinski definition) is 11. The molecule has 14 nitrogen and oxygen atoms in total. The third-order valence-corrected chi connectivity index (χ3v) is 7.52. The molecule has 0 saturated carbocycles. The number of pyridine rings is 1. The first-order chi connectivity index (χ1) is 19.6. The van der Waals surface area contributed by atoms with Crippen LogP contribution in [-0.4, -0.2) is 86.7 Å². The van der Waals surface area contributed by atoms with Crippen molar-refractivity contribution in [1.29, 1.82) is 0 Å². The van der Waals surface area contributed by atoms with E-state index in [4.69, 9.17) is 9.15 Å². The van der Waals surface area contributed by atoms with Crippen LogP contribution in [0, 0.1) is 10.1 Å². The Bertz CT molecular complexity index is 1440. The zero-order valence-corrected chi connectivity index (χ0v) is 24.2. The van der Waals surface area contributed by atoms with E-state index in [-0.39, 0.29) is 53.4 Å². The van der Waals surface area contributed by atoms with Crippen LogP contribution in [0.2, 0.25) is 0 Å². The number of nitro benzene ring substituents is 1. The molecule has 2 aliphatic heterocycles. The Hall–Kier alpha value is -4.11. The third-order valence-electron chi connectivity index (χ3n) is 7.06. The van der Waals surface area contributed by atoms with Gasteiger partial charge in [-0.2, -0.15) is 0 Å². The van der Waals surface area contributed by atoms with E-state index in [2.05, 4.69) is 41.7 Å². The van der Waals surface area contributed by atoms with Crippen LogP contribution < -0.4 is 10.6 Å². The Balaban J connectivity index is 1.48. The molecule has 2 amide bonds. The van der Waals surface area contributed by atoms with Crippen LogP contribution in [0.3, 0.4) is 0 Å². The molecule has 2 N–H and O–H groups in total. The Kier molecular flexibility index (Phi) is 8.17. The number of likely N-dealkylation sites (tertiary alicyclic amines) is 1. The van der Waals surface area contributed by atoms with Crippen molar-refractivity contribution >= 4 is 44.8 Å². The molecule has 41 heavy (non-hydrogen) atoms. The molecule has 4 atom stereocenters. The van der Waals surface area contributed by atoms with Gasteiger partial charge in [0.05, 0.1) is 33.9 Å². The number of amides is 2. The molecule has 5 rings (SSSR count). The third kappa shape index (κ3) is 6.00. The predicted molar refractivity (Wildman–Crippen MR) is 151 cm³/mol. The topological polar surface area (TPSA) is 169 Å². The molecule has 0 spiro atoms. The normalized spacial score (nSPS) is 22.4. The zero-order chi connectivity index (χ0) is 29.3. The number of hydrogen-bond donors (Lipinski definition) is 2. The minimum absolute atomic E-state index is 0.0809. The number of morpholine rings is 1. The monoisotopic (exact) mass is 628 g/mol. The summed E-state index contributed by atoms with van der Waals surface area (Å²) in [6.45, 7) is 4.62.